The molecule has 0 aliphatic heterocycles. The molecule has 0 saturated carbocycles. The summed E-state index contributed by atoms with van der Waals surface area (Å²) in [5, 5.41) is 11.6. The maximum Gasteiger partial charge on any atom is 0.308 e. The van der Waals surface area contributed by atoms with Gasteiger partial charge in [0.05, 0.1) is 10.8 Å². The first-order valence-corrected chi connectivity index (χ1v) is 9.23. The van der Waals surface area contributed by atoms with Crippen molar-refractivity contribution in [2.45, 2.75) is 38.6 Å². The number of nitrogens with one attached hydrogen (secondary N) is 1. The van der Waals surface area contributed by atoms with Crippen LogP contribution in [0.2, 0.25) is 0 Å². The molecule has 0 aliphatic carbocycles. The van der Waals surface area contributed by atoms with Crippen molar-refractivity contribution in [2.75, 3.05) is 13.1 Å². The van der Waals surface area contributed by atoms with Gasteiger partial charge in [-0.15, -0.1) is 0 Å². The molecular formula is C16H24N2O5S. The lowest BCUT2D eigenvalue weighted by atomic mass is 10.0. The maximum absolute atomic E-state index is 12.5. The molecule has 2 unspecified atom stereocenters. The number of hydrogen-bond donors (Lipinski definition) is 2. The van der Waals surface area contributed by atoms with Crippen LogP contribution in [0.3, 0.4) is 0 Å². The van der Waals surface area contributed by atoms with E-state index in [0.29, 0.717) is 13.1 Å². The van der Waals surface area contributed by atoms with E-state index in [-0.39, 0.29) is 10.5 Å². The molecule has 2 N–H and O–H groups in total. The minimum Gasteiger partial charge on any atom is -0.481 e. The third kappa shape index (κ3) is 4.55. The van der Waals surface area contributed by atoms with E-state index in [1.165, 1.54) is 35.5 Å². The van der Waals surface area contributed by atoms with E-state index in [4.69, 9.17) is 5.11 Å². The standard InChI is InChI=1S/C16H24N2O5S/c1-5-18(6-2)24(22,23)14-9-7-8-13(10-14)15(19)17-12(4)11(3)16(20)21/h7-12H,5-6H2,1-4H3,(H,17,19)(H,20,21). The van der Waals surface area contributed by atoms with Crippen molar-refractivity contribution >= 4 is 21.9 Å². The summed E-state index contributed by atoms with van der Waals surface area (Å²) < 4.78 is 26.3. The highest BCUT2D eigenvalue weighted by Gasteiger charge is 2.24. The van der Waals surface area contributed by atoms with Gasteiger partial charge in [0.15, 0.2) is 0 Å². The Kier molecular flexibility index (Phi) is 6.92. The van der Waals surface area contributed by atoms with E-state index in [9.17, 15) is 18.0 Å². The molecule has 0 spiro atoms. The number of carbonyl (C=O) groups is 2. The van der Waals surface area contributed by atoms with Crippen LogP contribution in [0.1, 0.15) is 38.1 Å². The van der Waals surface area contributed by atoms with E-state index in [1.807, 2.05) is 0 Å². The number of nitrogens with zero attached hydrogens (tertiary/aromatic N) is 1. The molecule has 0 aliphatic rings. The molecule has 0 aromatic heterocycles. The third-order valence-electron chi connectivity index (χ3n) is 3.94. The SMILES string of the molecule is CCN(CC)S(=O)(=O)c1cccc(C(=O)NC(C)C(C)C(=O)O)c1. The Morgan fingerprint density at radius 2 is 1.79 bits per heavy atom. The van der Waals surface area contributed by atoms with Crippen LogP contribution in [0, 0.1) is 5.92 Å². The lowest BCUT2D eigenvalue weighted by Crippen LogP contribution is -2.40. The summed E-state index contributed by atoms with van der Waals surface area (Å²) in [5.74, 6) is -2.27. The minimum absolute atomic E-state index is 0.0396. The summed E-state index contributed by atoms with van der Waals surface area (Å²) in [6, 6.07) is 5.15. The van der Waals surface area contributed by atoms with Gasteiger partial charge in [-0.05, 0) is 32.0 Å². The van der Waals surface area contributed by atoms with Gasteiger partial charge >= 0.3 is 5.97 Å². The third-order valence-corrected chi connectivity index (χ3v) is 5.98. The summed E-state index contributed by atoms with van der Waals surface area (Å²) >= 11 is 0. The number of aliphatic carboxylic acids is 1. The van der Waals surface area contributed by atoms with Crippen molar-refractivity contribution in [3.8, 4) is 0 Å². The predicted octanol–water partition coefficient (Wildman–Crippen LogP) is 1.56. The van der Waals surface area contributed by atoms with Crippen LogP contribution in [0.5, 0.6) is 0 Å². The van der Waals surface area contributed by atoms with Gasteiger partial charge in [0.1, 0.15) is 0 Å². The molecule has 8 heteroatoms. The lowest BCUT2D eigenvalue weighted by molar-refractivity contribution is -0.141. The zero-order valence-corrected chi connectivity index (χ0v) is 15.1. The van der Waals surface area contributed by atoms with Gasteiger partial charge in [-0.25, -0.2) is 8.42 Å². The number of amides is 1. The van der Waals surface area contributed by atoms with Crippen LogP contribution in [0.4, 0.5) is 0 Å². The van der Waals surface area contributed by atoms with E-state index < -0.39 is 33.9 Å². The quantitative estimate of drug-likeness (QED) is 0.735. The van der Waals surface area contributed by atoms with Crippen LogP contribution >= 0.6 is 0 Å². The highest BCUT2D eigenvalue weighted by atomic mass is 32.2. The van der Waals surface area contributed by atoms with Gasteiger partial charge < -0.3 is 10.4 Å². The number of carbonyl (C=O) groups excluding carboxylic acids is 1. The second-order valence-corrected chi connectivity index (χ2v) is 7.44. The van der Waals surface area contributed by atoms with Gasteiger partial charge in [-0.1, -0.05) is 19.9 Å². The Bertz CT molecular complexity index is 698. The minimum atomic E-state index is -3.66. The monoisotopic (exact) mass is 356 g/mol. The van der Waals surface area contributed by atoms with Crippen LogP contribution in [-0.2, 0) is 14.8 Å². The molecule has 24 heavy (non-hydrogen) atoms. The number of carboxylic acids is 1. The van der Waals surface area contributed by atoms with Gasteiger partial charge in [0, 0.05) is 24.7 Å². The fourth-order valence-electron chi connectivity index (χ4n) is 2.14. The van der Waals surface area contributed by atoms with E-state index in [1.54, 1.807) is 20.8 Å². The first-order chi connectivity index (χ1) is 11.1. The number of sulfonamides is 1. The summed E-state index contributed by atoms with van der Waals surface area (Å²) in [7, 11) is -3.66. The first kappa shape index (κ1) is 20.1. The van der Waals surface area contributed by atoms with Crippen molar-refractivity contribution in [3.05, 3.63) is 29.8 Å². The molecule has 2 atom stereocenters. The fraction of sp³-hybridized carbons (Fsp3) is 0.500. The average Bonchev–Trinajstić information content (AvgIpc) is 2.54. The molecule has 1 rings (SSSR count). The Labute approximate surface area is 142 Å². The highest BCUT2D eigenvalue weighted by molar-refractivity contribution is 7.89. The van der Waals surface area contributed by atoms with Crippen LogP contribution in [-0.4, -0.2) is 48.8 Å². The normalized spacial score (nSPS) is 14.2. The lowest BCUT2D eigenvalue weighted by Gasteiger charge is -2.20. The van der Waals surface area contributed by atoms with E-state index in [2.05, 4.69) is 5.32 Å². The van der Waals surface area contributed by atoms with Gasteiger partial charge in [0.25, 0.3) is 5.91 Å². The topological polar surface area (TPSA) is 104 Å². The summed E-state index contributed by atoms with van der Waals surface area (Å²) in [5.41, 5.74) is 0.174. The molecular weight excluding hydrogens is 332 g/mol. The van der Waals surface area contributed by atoms with Crippen molar-refractivity contribution in [1.82, 2.24) is 9.62 Å². The molecule has 0 radical (unpaired) electrons. The van der Waals surface area contributed by atoms with Gasteiger partial charge in [0.2, 0.25) is 10.0 Å². The van der Waals surface area contributed by atoms with Crippen LogP contribution in [0.25, 0.3) is 0 Å². The Morgan fingerprint density at radius 3 is 2.29 bits per heavy atom. The highest BCUT2D eigenvalue weighted by Crippen LogP contribution is 2.17. The summed E-state index contributed by atoms with van der Waals surface area (Å²) in [6.07, 6.45) is 0. The average molecular weight is 356 g/mol. The Balaban J connectivity index is 3.04. The predicted molar refractivity (Wildman–Crippen MR) is 90.3 cm³/mol. The second-order valence-electron chi connectivity index (χ2n) is 5.51. The smallest absolute Gasteiger partial charge is 0.308 e. The summed E-state index contributed by atoms with van der Waals surface area (Å²) in [4.78, 5) is 23.2. The van der Waals surface area contributed by atoms with Crippen molar-refractivity contribution in [3.63, 3.8) is 0 Å². The van der Waals surface area contributed by atoms with E-state index >= 15 is 0 Å². The Morgan fingerprint density at radius 1 is 1.21 bits per heavy atom. The van der Waals surface area contributed by atoms with Crippen molar-refractivity contribution < 1.29 is 23.1 Å². The van der Waals surface area contributed by atoms with Crippen molar-refractivity contribution in [1.29, 1.82) is 0 Å². The molecule has 7 nitrogen and oxygen atoms in total. The molecule has 134 valence electrons. The zero-order chi connectivity index (χ0) is 18.5. The molecule has 1 amide bonds. The largest absolute Gasteiger partial charge is 0.481 e. The van der Waals surface area contributed by atoms with Gasteiger partial charge in [-0.2, -0.15) is 4.31 Å². The van der Waals surface area contributed by atoms with Crippen LogP contribution < -0.4 is 5.32 Å². The molecule has 1 aromatic carbocycles. The maximum atomic E-state index is 12.5. The molecule has 0 heterocycles. The molecule has 0 fully saturated rings. The van der Waals surface area contributed by atoms with Crippen molar-refractivity contribution in [2.24, 2.45) is 5.92 Å². The molecule has 1 aromatic rings. The summed E-state index contributed by atoms with van der Waals surface area (Å²) in [6.45, 7) is 7.24. The first-order valence-electron chi connectivity index (χ1n) is 7.79. The number of rotatable bonds is 8. The number of carboxylic acid groups (broad SMARTS) is 1. The second kappa shape index (κ2) is 8.25. The molecule has 0 bridgehead atoms. The number of hydrogen-bond acceptors (Lipinski definition) is 4. The van der Waals surface area contributed by atoms with Gasteiger partial charge in [-0.3, -0.25) is 9.59 Å². The Hall–Kier alpha value is -1.93. The van der Waals surface area contributed by atoms with Crippen LogP contribution in [0.15, 0.2) is 29.2 Å². The fourth-order valence-corrected chi connectivity index (χ4v) is 3.64. The number of benzene rings is 1. The van der Waals surface area contributed by atoms with E-state index in [0.717, 1.165) is 0 Å². The molecule has 0 saturated heterocycles. The zero-order valence-electron chi connectivity index (χ0n) is 14.3.